The van der Waals surface area contributed by atoms with Crippen LogP contribution in [0.4, 0.5) is 5.69 Å². The normalized spacial score (nSPS) is 14.8. The molecule has 0 aromatic carbocycles. The SMILES string of the molecule is CCCN(c1cc(C)ncc1CNCC)C1CC1. The number of anilines is 1. The van der Waals surface area contributed by atoms with E-state index in [2.05, 4.69) is 42.0 Å². The molecule has 1 aromatic rings. The molecule has 1 aliphatic carbocycles. The van der Waals surface area contributed by atoms with Gasteiger partial charge in [0.15, 0.2) is 0 Å². The summed E-state index contributed by atoms with van der Waals surface area (Å²) in [5, 5.41) is 3.41. The minimum Gasteiger partial charge on any atom is -0.368 e. The third-order valence-corrected chi connectivity index (χ3v) is 3.43. The van der Waals surface area contributed by atoms with Gasteiger partial charge in [-0.25, -0.2) is 0 Å². The molecule has 1 N–H and O–H groups in total. The van der Waals surface area contributed by atoms with Gasteiger partial charge >= 0.3 is 0 Å². The Morgan fingerprint density at radius 1 is 1.39 bits per heavy atom. The van der Waals surface area contributed by atoms with Gasteiger partial charge in [-0.2, -0.15) is 0 Å². The minimum absolute atomic E-state index is 0.770. The summed E-state index contributed by atoms with van der Waals surface area (Å²) in [6.45, 7) is 9.57. The zero-order chi connectivity index (χ0) is 13.0. The van der Waals surface area contributed by atoms with E-state index in [-0.39, 0.29) is 0 Å². The van der Waals surface area contributed by atoms with Gasteiger partial charge in [-0.05, 0) is 38.8 Å². The van der Waals surface area contributed by atoms with Crippen molar-refractivity contribution in [3.05, 3.63) is 23.5 Å². The van der Waals surface area contributed by atoms with Crippen LogP contribution in [-0.2, 0) is 6.54 Å². The van der Waals surface area contributed by atoms with E-state index in [1.807, 2.05) is 6.20 Å². The molecule has 1 aromatic heterocycles. The van der Waals surface area contributed by atoms with E-state index in [1.165, 1.54) is 30.5 Å². The first-order valence-electron chi connectivity index (χ1n) is 7.19. The number of aromatic nitrogens is 1. The van der Waals surface area contributed by atoms with Crippen molar-refractivity contribution in [3.63, 3.8) is 0 Å². The second kappa shape index (κ2) is 6.19. The number of pyridine rings is 1. The molecule has 0 amide bonds. The van der Waals surface area contributed by atoms with Gasteiger partial charge in [0.2, 0.25) is 0 Å². The molecule has 0 spiro atoms. The van der Waals surface area contributed by atoms with Gasteiger partial charge in [0, 0.05) is 42.3 Å². The maximum absolute atomic E-state index is 4.45. The first-order valence-corrected chi connectivity index (χ1v) is 7.19. The van der Waals surface area contributed by atoms with Crippen LogP contribution in [0.25, 0.3) is 0 Å². The van der Waals surface area contributed by atoms with Gasteiger partial charge in [0.05, 0.1) is 0 Å². The molecule has 3 heteroatoms. The van der Waals surface area contributed by atoms with Crippen LogP contribution in [0.1, 0.15) is 44.4 Å². The molecule has 2 rings (SSSR count). The maximum atomic E-state index is 4.45. The molecule has 0 aliphatic heterocycles. The summed E-state index contributed by atoms with van der Waals surface area (Å²) in [6, 6.07) is 3.02. The molecule has 100 valence electrons. The number of aryl methyl sites for hydroxylation is 1. The Hall–Kier alpha value is -1.09. The maximum Gasteiger partial charge on any atom is 0.0448 e. The fourth-order valence-corrected chi connectivity index (χ4v) is 2.36. The lowest BCUT2D eigenvalue weighted by Gasteiger charge is -2.27. The van der Waals surface area contributed by atoms with Gasteiger partial charge in [-0.15, -0.1) is 0 Å². The zero-order valence-electron chi connectivity index (χ0n) is 11.9. The van der Waals surface area contributed by atoms with Crippen LogP contribution in [0.15, 0.2) is 12.3 Å². The van der Waals surface area contributed by atoms with Crippen LogP contribution in [0.5, 0.6) is 0 Å². The monoisotopic (exact) mass is 247 g/mol. The van der Waals surface area contributed by atoms with Gasteiger partial charge in [0.1, 0.15) is 0 Å². The third kappa shape index (κ3) is 3.22. The third-order valence-electron chi connectivity index (χ3n) is 3.43. The van der Waals surface area contributed by atoms with Crippen molar-refractivity contribution in [2.45, 2.75) is 52.6 Å². The fraction of sp³-hybridized carbons (Fsp3) is 0.667. The predicted molar refractivity (Wildman–Crippen MR) is 77.0 cm³/mol. The Kier molecular flexibility index (Phi) is 4.59. The average molecular weight is 247 g/mol. The Balaban J connectivity index is 2.23. The summed E-state index contributed by atoms with van der Waals surface area (Å²) < 4.78 is 0. The smallest absolute Gasteiger partial charge is 0.0448 e. The van der Waals surface area contributed by atoms with Crippen LogP contribution < -0.4 is 10.2 Å². The number of hydrogen-bond donors (Lipinski definition) is 1. The van der Waals surface area contributed by atoms with Gasteiger partial charge in [-0.3, -0.25) is 4.98 Å². The van der Waals surface area contributed by atoms with E-state index in [1.54, 1.807) is 0 Å². The minimum atomic E-state index is 0.770. The number of nitrogens with one attached hydrogen (secondary N) is 1. The molecule has 0 radical (unpaired) electrons. The molecule has 0 bridgehead atoms. The molecule has 1 fully saturated rings. The van der Waals surface area contributed by atoms with E-state index in [0.717, 1.165) is 31.4 Å². The first-order chi connectivity index (χ1) is 8.76. The van der Waals surface area contributed by atoms with Crippen LogP contribution in [0.2, 0.25) is 0 Å². The van der Waals surface area contributed by atoms with Crippen molar-refractivity contribution in [1.29, 1.82) is 0 Å². The van der Waals surface area contributed by atoms with Gasteiger partial charge in [-0.1, -0.05) is 13.8 Å². The van der Waals surface area contributed by atoms with Crippen molar-refractivity contribution >= 4 is 5.69 Å². The largest absolute Gasteiger partial charge is 0.368 e. The number of hydrogen-bond acceptors (Lipinski definition) is 3. The van der Waals surface area contributed by atoms with E-state index in [4.69, 9.17) is 0 Å². The summed E-state index contributed by atoms with van der Waals surface area (Å²) in [5.41, 5.74) is 3.85. The summed E-state index contributed by atoms with van der Waals surface area (Å²) in [6.07, 6.45) is 5.95. The number of rotatable bonds is 7. The highest BCUT2D eigenvalue weighted by Gasteiger charge is 2.29. The molecule has 0 atom stereocenters. The first kappa shape index (κ1) is 13.3. The van der Waals surface area contributed by atoms with Crippen molar-refractivity contribution in [3.8, 4) is 0 Å². The molecule has 0 saturated heterocycles. The summed E-state index contributed by atoms with van der Waals surface area (Å²) in [5.74, 6) is 0. The van der Waals surface area contributed by atoms with E-state index in [9.17, 15) is 0 Å². The Morgan fingerprint density at radius 3 is 2.78 bits per heavy atom. The molecule has 1 heterocycles. The van der Waals surface area contributed by atoms with Crippen LogP contribution in [0, 0.1) is 6.92 Å². The van der Waals surface area contributed by atoms with Gasteiger partial charge in [0.25, 0.3) is 0 Å². The van der Waals surface area contributed by atoms with Crippen LogP contribution >= 0.6 is 0 Å². The van der Waals surface area contributed by atoms with Crippen LogP contribution in [-0.4, -0.2) is 24.1 Å². The zero-order valence-corrected chi connectivity index (χ0v) is 11.9. The van der Waals surface area contributed by atoms with Crippen LogP contribution in [0.3, 0.4) is 0 Å². The Bertz CT molecular complexity index is 385. The highest BCUT2D eigenvalue weighted by molar-refractivity contribution is 5.55. The Morgan fingerprint density at radius 2 is 2.17 bits per heavy atom. The van der Waals surface area contributed by atoms with E-state index >= 15 is 0 Å². The molecule has 3 nitrogen and oxygen atoms in total. The lowest BCUT2D eigenvalue weighted by atomic mass is 10.1. The summed E-state index contributed by atoms with van der Waals surface area (Å²) in [7, 11) is 0. The van der Waals surface area contributed by atoms with Crippen molar-refractivity contribution in [1.82, 2.24) is 10.3 Å². The highest BCUT2D eigenvalue weighted by Crippen LogP contribution is 2.33. The van der Waals surface area contributed by atoms with E-state index < -0.39 is 0 Å². The van der Waals surface area contributed by atoms with Crippen molar-refractivity contribution < 1.29 is 0 Å². The topological polar surface area (TPSA) is 28.2 Å². The lowest BCUT2D eigenvalue weighted by Crippen LogP contribution is -2.28. The van der Waals surface area contributed by atoms with E-state index in [0.29, 0.717) is 0 Å². The molecular formula is C15H25N3. The second-order valence-electron chi connectivity index (χ2n) is 5.16. The lowest BCUT2D eigenvalue weighted by molar-refractivity contribution is 0.707. The standard InChI is InChI=1S/C15H25N3/c1-4-8-18(14-6-7-14)15-9-12(3)17-11-13(15)10-16-5-2/h9,11,14,16H,4-8,10H2,1-3H3. The summed E-state index contributed by atoms with van der Waals surface area (Å²) >= 11 is 0. The molecule has 1 aliphatic rings. The highest BCUT2D eigenvalue weighted by atomic mass is 15.2. The second-order valence-corrected chi connectivity index (χ2v) is 5.16. The predicted octanol–water partition coefficient (Wildman–Crippen LogP) is 2.88. The average Bonchev–Trinajstić information content (AvgIpc) is 3.19. The molecule has 1 saturated carbocycles. The molecule has 18 heavy (non-hydrogen) atoms. The molecule has 0 unspecified atom stereocenters. The van der Waals surface area contributed by atoms with Crippen molar-refractivity contribution in [2.75, 3.05) is 18.0 Å². The Labute approximate surface area is 111 Å². The fourth-order valence-electron chi connectivity index (χ4n) is 2.36. The molecular weight excluding hydrogens is 222 g/mol. The van der Waals surface area contributed by atoms with Crippen molar-refractivity contribution in [2.24, 2.45) is 0 Å². The van der Waals surface area contributed by atoms with Gasteiger partial charge < -0.3 is 10.2 Å². The number of nitrogens with zero attached hydrogens (tertiary/aromatic N) is 2. The summed E-state index contributed by atoms with van der Waals surface area (Å²) in [4.78, 5) is 7.03. The quantitative estimate of drug-likeness (QED) is 0.803.